The first kappa shape index (κ1) is 20.2. The lowest BCUT2D eigenvalue weighted by Gasteiger charge is -2.43. The summed E-state index contributed by atoms with van der Waals surface area (Å²) in [4.78, 5) is 14.6. The molecular formula is C24H31NO3Si. The Bertz CT molecular complexity index is 846. The fourth-order valence-electron chi connectivity index (χ4n) is 4.83. The molecule has 2 saturated heterocycles. The van der Waals surface area contributed by atoms with Gasteiger partial charge in [0.05, 0.1) is 13.7 Å². The van der Waals surface area contributed by atoms with Gasteiger partial charge in [-0.15, -0.1) is 0 Å². The van der Waals surface area contributed by atoms with Crippen LogP contribution in [0.5, 0.6) is 0 Å². The number of carbonyl (C=O) groups is 1. The molecule has 2 unspecified atom stereocenters. The zero-order valence-electron chi connectivity index (χ0n) is 17.6. The minimum Gasteiger partial charge on any atom is -0.445 e. The molecule has 0 spiro atoms. The highest BCUT2D eigenvalue weighted by Gasteiger charge is 2.50. The summed E-state index contributed by atoms with van der Waals surface area (Å²) in [6, 6.07) is 18.4. The minimum absolute atomic E-state index is 0.0405. The second kappa shape index (κ2) is 7.61. The van der Waals surface area contributed by atoms with Crippen molar-refractivity contribution >= 4 is 19.4 Å². The average molecular weight is 410 g/mol. The molecule has 0 aliphatic carbocycles. The Morgan fingerprint density at radius 1 is 1.03 bits per heavy atom. The molecule has 1 amide bonds. The van der Waals surface area contributed by atoms with E-state index in [1.807, 2.05) is 35.2 Å². The van der Waals surface area contributed by atoms with E-state index >= 15 is 0 Å². The summed E-state index contributed by atoms with van der Waals surface area (Å²) in [7, 11) is -1.36. The lowest BCUT2D eigenvalue weighted by Crippen LogP contribution is -2.52. The monoisotopic (exact) mass is 409 g/mol. The van der Waals surface area contributed by atoms with Crippen LogP contribution in [0.25, 0.3) is 0 Å². The van der Waals surface area contributed by atoms with Crippen LogP contribution in [0.3, 0.4) is 0 Å². The van der Waals surface area contributed by atoms with Crippen molar-refractivity contribution in [2.45, 2.75) is 69.6 Å². The average Bonchev–Trinajstić information content (AvgIpc) is 2.98. The Labute approximate surface area is 174 Å². The highest BCUT2D eigenvalue weighted by Crippen LogP contribution is 2.45. The first-order chi connectivity index (χ1) is 13.8. The van der Waals surface area contributed by atoms with Crippen LogP contribution in [-0.4, -0.2) is 36.3 Å². The lowest BCUT2D eigenvalue weighted by molar-refractivity contribution is -0.0536. The summed E-state index contributed by atoms with van der Waals surface area (Å²) in [5, 5.41) is 12.9. The van der Waals surface area contributed by atoms with E-state index in [0.717, 1.165) is 24.0 Å². The van der Waals surface area contributed by atoms with Crippen LogP contribution < -0.4 is 5.19 Å². The van der Waals surface area contributed by atoms with Gasteiger partial charge in [-0.25, -0.2) is 4.79 Å². The van der Waals surface area contributed by atoms with Gasteiger partial charge in [-0.05, 0) is 24.0 Å². The summed E-state index contributed by atoms with van der Waals surface area (Å²) in [5.74, 6) is 0. The van der Waals surface area contributed by atoms with E-state index in [-0.39, 0.29) is 24.8 Å². The molecule has 4 rings (SSSR count). The van der Waals surface area contributed by atoms with Crippen LogP contribution in [0.15, 0.2) is 54.6 Å². The first-order valence-electron chi connectivity index (χ1n) is 10.6. The Morgan fingerprint density at radius 2 is 1.62 bits per heavy atom. The number of fused-ring (bicyclic) bond motifs is 2. The molecule has 154 valence electrons. The maximum absolute atomic E-state index is 12.8. The van der Waals surface area contributed by atoms with Crippen LogP contribution in [0.1, 0.15) is 36.8 Å². The summed E-state index contributed by atoms with van der Waals surface area (Å²) < 4.78 is 5.59. The molecule has 5 heteroatoms. The Kier molecular flexibility index (Phi) is 5.30. The number of ether oxygens (including phenoxy) is 1. The molecule has 2 aromatic rings. The number of carbonyl (C=O) groups excluding carboxylic acids is 1. The van der Waals surface area contributed by atoms with E-state index in [0.29, 0.717) is 12.8 Å². The van der Waals surface area contributed by atoms with Gasteiger partial charge in [0.15, 0.2) is 0 Å². The van der Waals surface area contributed by atoms with Crippen molar-refractivity contribution in [3.63, 3.8) is 0 Å². The standard InChI is InChI=1S/C24H31NO3Si/c1-29(2,3)22-13-9-19(10-14-22)24(27)15-20-11-12-21(16-24)25(20)23(26)28-17-18-7-5-4-6-8-18/h4-10,13-14,20-21,27H,11-12,15-17H2,1-3H3. The van der Waals surface area contributed by atoms with Crippen molar-refractivity contribution in [3.05, 3.63) is 65.7 Å². The summed E-state index contributed by atoms with van der Waals surface area (Å²) in [6.07, 6.45) is 2.77. The number of hydrogen-bond donors (Lipinski definition) is 1. The molecule has 0 radical (unpaired) electrons. The molecule has 4 nitrogen and oxygen atoms in total. The number of amides is 1. The molecule has 2 fully saturated rings. The van der Waals surface area contributed by atoms with Gasteiger partial charge in [0, 0.05) is 24.9 Å². The van der Waals surface area contributed by atoms with Gasteiger partial charge in [-0.1, -0.05) is 79.4 Å². The lowest BCUT2D eigenvalue weighted by atomic mass is 9.80. The molecule has 2 aromatic carbocycles. The van der Waals surface area contributed by atoms with Crippen LogP contribution in [0.4, 0.5) is 4.79 Å². The van der Waals surface area contributed by atoms with Crippen molar-refractivity contribution in [3.8, 4) is 0 Å². The number of benzene rings is 2. The van der Waals surface area contributed by atoms with Crippen LogP contribution in [0.2, 0.25) is 19.6 Å². The molecule has 29 heavy (non-hydrogen) atoms. The van der Waals surface area contributed by atoms with Gasteiger partial charge < -0.3 is 14.7 Å². The number of nitrogens with zero attached hydrogens (tertiary/aromatic N) is 1. The van der Waals surface area contributed by atoms with Crippen molar-refractivity contribution in [2.75, 3.05) is 0 Å². The molecule has 2 bridgehead atoms. The van der Waals surface area contributed by atoms with Gasteiger partial charge in [0.25, 0.3) is 0 Å². The Morgan fingerprint density at radius 3 is 2.17 bits per heavy atom. The number of piperidine rings is 1. The Balaban J connectivity index is 1.45. The third-order valence-corrected chi connectivity index (χ3v) is 8.54. The number of hydrogen-bond acceptors (Lipinski definition) is 3. The minimum atomic E-state index is -1.36. The van der Waals surface area contributed by atoms with E-state index < -0.39 is 13.7 Å². The summed E-state index contributed by atoms with van der Waals surface area (Å²) >= 11 is 0. The molecule has 2 atom stereocenters. The highest BCUT2D eigenvalue weighted by atomic mass is 28.3. The van der Waals surface area contributed by atoms with Crippen LogP contribution in [0, 0.1) is 0 Å². The molecular weight excluding hydrogens is 378 g/mol. The second-order valence-corrected chi connectivity index (χ2v) is 14.7. The fraction of sp³-hybridized carbons (Fsp3) is 0.458. The largest absolute Gasteiger partial charge is 0.445 e. The van der Waals surface area contributed by atoms with E-state index in [1.165, 1.54) is 5.19 Å². The van der Waals surface area contributed by atoms with E-state index in [4.69, 9.17) is 4.74 Å². The van der Waals surface area contributed by atoms with Gasteiger partial charge in [-0.2, -0.15) is 0 Å². The maximum atomic E-state index is 12.8. The summed E-state index contributed by atoms with van der Waals surface area (Å²) in [6.45, 7) is 7.28. The summed E-state index contributed by atoms with van der Waals surface area (Å²) in [5.41, 5.74) is 1.11. The Hall–Kier alpha value is -2.11. The predicted octanol–water partition coefficient (Wildman–Crippen LogP) is 4.38. The van der Waals surface area contributed by atoms with Gasteiger partial charge in [0.1, 0.15) is 6.61 Å². The molecule has 0 saturated carbocycles. The van der Waals surface area contributed by atoms with Gasteiger partial charge in [0.2, 0.25) is 0 Å². The predicted molar refractivity (Wildman–Crippen MR) is 118 cm³/mol. The molecule has 1 N–H and O–H groups in total. The quantitative estimate of drug-likeness (QED) is 0.762. The molecule has 2 aliphatic heterocycles. The van der Waals surface area contributed by atoms with E-state index in [9.17, 15) is 9.90 Å². The van der Waals surface area contributed by atoms with Crippen molar-refractivity contribution in [2.24, 2.45) is 0 Å². The smallest absolute Gasteiger partial charge is 0.410 e. The second-order valence-electron chi connectivity index (χ2n) is 9.60. The maximum Gasteiger partial charge on any atom is 0.410 e. The fourth-order valence-corrected chi connectivity index (χ4v) is 6.00. The van der Waals surface area contributed by atoms with Crippen molar-refractivity contribution in [1.29, 1.82) is 0 Å². The number of rotatable bonds is 4. The van der Waals surface area contributed by atoms with Crippen LogP contribution >= 0.6 is 0 Å². The normalized spacial score (nSPS) is 26.4. The topological polar surface area (TPSA) is 49.8 Å². The van der Waals surface area contributed by atoms with Gasteiger partial charge in [-0.3, -0.25) is 0 Å². The van der Waals surface area contributed by atoms with Crippen molar-refractivity contribution < 1.29 is 14.6 Å². The molecule has 2 aliphatic rings. The zero-order valence-corrected chi connectivity index (χ0v) is 18.6. The van der Waals surface area contributed by atoms with Crippen LogP contribution in [-0.2, 0) is 16.9 Å². The zero-order chi connectivity index (χ0) is 20.6. The van der Waals surface area contributed by atoms with Gasteiger partial charge >= 0.3 is 6.09 Å². The highest BCUT2D eigenvalue weighted by molar-refractivity contribution is 6.88. The molecule has 2 heterocycles. The van der Waals surface area contributed by atoms with Crippen molar-refractivity contribution in [1.82, 2.24) is 4.90 Å². The third kappa shape index (κ3) is 4.12. The number of aliphatic hydroxyl groups is 1. The first-order valence-corrected chi connectivity index (χ1v) is 14.1. The van der Waals surface area contributed by atoms with E-state index in [2.05, 4.69) is 43.9 Å². The third-order valence-electron chi connectivity index (χ3n) is 6.47. The molecule has 0 aromatic heterocycles. The van der Waals surface area contributed by atoms with E-state index in [1.54, 1.807) is 0 Å². The SMILES string of the molecule is C[Si](C)(C)c1ccc(C2(O)CC3CCC(C2)N3C(=O)OCc2ccccc2)cc1.